The SMILES string of the molecule is C[C@H](NC(=O)c1ccc(-c2ccccc2)cc1)C12CC3CC(CC(C3)C1)C2. The highest BCUT2D eigenvalue weighted by Crippen LogP contribution is 2.61. The summed E-state index contributed by atoms with van der Waals surface area (Å²) in [4.78, 5) is 12.9. The van der Waals surface area contributed by atoms with Crippen LogP contribution in [0.3, 0.4) is 0 Å². The highest BCUT2D eigenvalue weighted by Gasteiger charge is 2.53. The quantitative estimate of drug-likeness (QED) is 0.746. The van der Waals surface area contributed by atoms with E-state index in [-0.39, 0.29) is 11.9 Å². The van der Waals surface area contributed by atoms with Gasteiger partial charge < -0.3 is 5.32 Å². The van der Waals surface area contributed by atoms with Crippen molar-refractivity contribution in [1.29, 1.82) is 0 Å². The molecule has 4 aliphatic carbocycles. The van der Waals surface area contributed by atoms with Crippen LogP contribution < -0.4 is 5.32 Å². The predicted octanol–water partition coefficient (Wildman–Crippen LogP) is 5.69. The smallest absolute Gasteiger partial charge is 0.251 e. The van der Waals surface area contributed by atoms with Crippen LogP contribution in [-0.2, 0) is 0 Å². The number of carbonyl (C=O) groups is 1. The Kier molecular flexibility index (Phi) is 4.11. The van der Waals surface area contributed by atoms with Gasteiger partial charge in [0.2, 0.25) is 0 Å². The molecule has 1 atom stereocenters. The van der Waals surface area contributed by atoms with E-state index in [9.17, 15) is 4.79 Å². The minimum absolute atomic E-state index is 0.0813. The Morgan fingerprint density at radius 2 is 1.37 bits per heavy atom. The summed E-state index contributed by atoms with van der Waals surface area (Å²) in [6.07, 6.45) is 8.32. The molecular weight excluding hydrogens is 330 g/mol. The first-order valence-corrected chi connectivity index (χ1v) is 10.6. The summed E-state index contributed by atoms with van der Waals surface area (Å²) in [5.74, 6) is 2.83. The van der Waals surface area contributed by atoms with Gasteiger partial charge in [-0.2, -0.15) is 0 Å². The monoisotopic (exact) mass is 359 g/mol. The summed E-state index contributed by atoms with van der Waals surface area (Å²) in [5, 5.41) is 3.37. The molecule has 4 saturated carbocycles. The van der Waals surface area contributed by atoms with E-state index in [4.69, 9.17) is 0 Å². The van der Waals surface area contributed by atoms with Gasteiger partial charge in [-0.25, -0.2) is 0 Å². The molecule has 2 nitrogen and oxygen atoms in total. The van der Waals surface area contributed by atoms with Crippen molar-refractivity contribution in [3.05, 3.63) is 60.2 Å². The van der Waals surface area contributed by atoms with Gasteiger partial charge in [0.05, 0.1) is 0 Å². The maximum Gasteiger partial charge on any atom is 0.251 e. The Morgan fingerprint density at radius 1 is 0.852 bits per heavy atom. The molecule has 4 aliphatic rings. The average Bonchev–Trinajstić information content (AvgIpc) is 2.68. The van der Waals surface area contributed by atoms with Gasteiger partial charge in [-0.1, -0.05) is 42.5 Å². The summed E-state index contributed by atoms with van der Waals surface area (Å²) in [6, 6.07) is 18.6. The number of amides is 1. The standard InChI is InChI=1S/C25H29NO/c1-17(25-14-18-11-19(15-25)13-20(12-18)16-25)26-24(27)23-9-7-22(8-10-23)21-5-3-2-4-6-21/h2-10,17-20H,11-16H2,1H3,(H,26,27)/t17-,18?,19?,20?,25?/m0/s1. The Bertz CT molecular complexity index is 788. The third kappa shape index (κ3) is 3.09. The molecular formula is C25H29NO. The lowest BCUT2D eigenvalue weighted by atomic mass is 9.48. The molecule has 6 rings (SSSR count). The fourth-order valence-electron chi connectivity index (χ4n) is 6.59. The molecule has 1 N–H and O–H groups in total. The molecule has 140 valence electrons. The molecule has 0 heterocycles. The maximum atomic E-state index is 12.9. The molecule has 2 heteroatoms. The number of nitrogens with one attached hydrogen (secondary N) is 1. The van der Waals surface area contributed by atoms with E-state index in [0.717, 1.165) is 28.9 Å². The van der Waals surface area contributed by atoms with Crippen LogP contribution in [0.15, 0.2) is 54.6 Å². The van der Waals surface area contributed by atoms with Gasteiger partial charge in [0, 0.05) is 11.6 Å². The van der Waals surface area contributed by atoms with Gasteiger partial charge in [0.15, 0.2) is 0 Å². The van der Waals surface area contributed by atoms with E-state index < -0.39 is 0 Å². The fraction of sp³-hybridized carbons (Fsp3) is 0.480. The van der Waals surface area contributed by atoms with Crippen LogP contribution >= 0.6 is 0 Å². The van der Waals surface area contributed by atoms with Gasteiger partial charge in [0.25, 0.3) is 5.91 Å². The van der Waals surface area contributed by atoms with Crippen LogP contribution in [0.1, 0.15) is 55.8 Å². The van der Waals surface area contributed by atoms with Crippen molar-refractivity contribution in [2.24, 2.45) is 23.2 Å². The number of hydrogen-bond donors (Lipinski definition) is 1. The van der Waals surface area contributed by atoms with Crippen LogP contribution in [0.5, 0.6) is 0 Å². The molecule has 2 aromatic rings. The summed E-state index contributed by atoms with van der Waals surface area (Å²) in [7, 11) is 0. The third-order valence-electron chi connectivity index (χ3n) is 7.61. The van der Waals surface area contributed by atoms with Crippen molar-refractivity contribution in [2.45, 2.75) is 51.5 Å². The molecule has 0 aromatic heterocycles. The predicted molar refractivity (Wildman–Crippen MR) is 109 cm³/mol. The van der Waals surface area contributed by atoms with E-state index in [0.29, 0.717) is 5.41 Å². The zero-order chi connectivity index (χ0) is 18.4. The van der Waals surface area contributed by atoms with Crippen molar-refractivity contribution in [1.82, 2.24) is 5.32 Å². The molecule has 0 spiro atoms. The van der Waals surface area contributed by atoms with E-state index in [1.54, 1.807) is 0 Å². The first kappa shape index (κ1) is 17.0. The molecule has 0 unspecified atom stereocenters. The summed E-state index contributed by atoms with van der Waals surface area (Å²) < 4.78 is 0. The zero-order valence-corrected chi connectivity index (χ0v) is 16.2. The lowest BCUT2D eigenvalue weighted by Gasteiger charge is -2.59. The second-order valence-corrected chi connectivity index (χ2v) is 9.42. The lowest BCUT2D eigenvalue weighted by Crippen LogP contribution is -2.55. The molecule has 27 heavy (non-hydrogen) atoms. The molecule has 0 aliphatic heterocycles. The van der Waals surface area contributed by atoms with Crippen LogP contribution in [0.25, 0.3) is 11.1 Å². The first-order chi connectivity index (χ1) is 13.1. The van der Waals surface area contributed by atoms with Gasteiger partial charge >= 0.3 is 0 Å². The Hall–Kier alpha value is -2.09. The number of hydrogen-bond acceptors (Lipinski definition) is 1. The van der Waals surface area contributed by atoms with Crippen molar-refractivity contribution in [3.8, 4) is 11.1 Å². The molecule has 4 bridgehead atoms. The number of carbonyl (C=O) groups excluding carboxylic acids is 1. The van der Waals surface area contributed by atoms with Gasteiger partial charge in [-0.15, -0.1) is 0 Å². The number of rotatable bonds is 4. The fourth-order valence-corrected chi connectivity index (χ4v) is 6.59. The van der Waals surface area contributed by atoms with Gasteiger partial charge in [-0.3, -0.25) is 4.79 Å². The summed E-state index contributed by atoms with van der Waals surface area (Å²) >= 11 is 0. The maximum absolute atomic E-state index is 12.9. The highest BCUT2D eigenvalue weighted by molar-refractivity contribution is 5.94. The highest BCUT2D eigenvalue weighted by atomic mass is 16.1. The average molecular weight is 360 g/mol. The van der Waals surface area contributed by atoms with E-state index in [2.05, 4.69) is 36.5 Å². The first-order valence-electron chi connectivity index (χ1n) is 10.6. The minimum atomic E-state index is 0.0813. The summed E-state index contributed by atoms with van der Waals surface area (Å²) in [6.45, 7) is 2.25. The Morgan fingerprint density at radius 3 is 1.93 bits per heavy atom. The lowest BCUT2D eigenvalue weighted by molar-refractivity contribution is -0.0688. The van der Waals surface area contributed by atoms with Crippen molar-refractivity contribution in [3.63, 3.8) is 0 Å². The second-order valence-electron chi connectivity index (χ2n) is 9.42. The van der Waals surface area contributed by atoms with Gasteiger partial charge in [-0.05, 0) is 91.9 Å². The van der Waals surface area contributed by atoms with Gasteiger partial charge in [0.1, 0.15) is 0 Å². The molecule has 2 aromatic carbocycles. The minimum Gasteiger partial charge on any atom is -0.349 e. The molecule has 1 amide bonds. The number of benzene rings is 2. The molecule has 0 saturated heterocycles. The Balaban J connectivity index is 1.29. The molecule has 0 radical (unpaired) electrons. The third-order valence-corrected chi connectivity index (χ3v) is 7.61. The topological polar surface area (TPSA) is 29.1 Å². The van der Waals surface area contributed by atoms with E-state index in [1.807, 2.05) is 30.3 Å². The van der Waals surface area contributed by atoms with E-state index >= 15 is 0 Å². The molecule has 4 fully saturated rings. The zero-order valence-electron chi connectivity index (χ0n) is 16.2. The van der Waals surface area contributed by atoms with E-state index in [1.165, 1.54) is 44.1 Å². The van der Waals surface area contributed by atoms with Crippen molar-refractivity contribution < 1.29 is 4.79 Å². The second kappa shape index (κ2) is 6.51. The van der Waals surface area contributed by atoms with Crippen molar-refractivity contribution >= 4 is 5.91 Å². The van der Waals surface area contributed by atoms with Crippen LogP contribution in [-0.4, -0.2) is 11.9 Å². The van der Waals surface area contributed by atoms with Crippen LogP contribution in [0.4, 0.5) is 0 Å². The normalized spacial score (nSPS) is 32.3. The van der Waals surface area contributed by atoms with Crippen LogP contribution in [0.2, 0.25) is 0 Å². The van der Waals surface area contributed by atoms with Crippen LogP contribution in [0, 0.1) is 23.2 Å². The summed E-state index contributed by atoms with van der Waals surface area (Å²) in [5.41, 5.74) is 3.47. The van der Waals surface area contributed by atoms with Crippen molar-refractivity contribution in [2.75, 3.05) is 0 Å². The largest absolute Gasteiger partial charge is 0.349 e. The Labute approximate surface area is 162 Å².